The van der Waals surface area contributed by atoms with Crippen molar-refractivity contribution in [1.82, 2.24) is 15.3 Å². The van der Waals surface area contributed by atoms with E-state index in [-0.39, 0.29) is 17.3 Å². The molecule has 1 saturated heterocycles. The van der Waals surface area contributed by atoms with Gasteiger partial charge in [-0.15, -0.1) is 0 Å². The number of rotatable bonds is 5. The van der Waals surface area contributed by atoms with Crippen LogP contribution in [-0.4, -0.2) is 40.2 Å². The molecule has 2 aromatic heterocycles. The van der Waals surface area contributed by atoms with Gasteiger partial charge < -0.3 is 19.4 Å². The summed E-state index contributed by atoms with van der Waals surface area (Å²) in [5.41, 5.74) is 0.900. The molecule has 0 radical (unpaired) electrons. The van der Waals surface area contributed by atoms with E-state index in [0.29, 0.717) is 36.3 Å². The Morgan fingerprint density at radius 2 is 2.00 bits per heavy atom. The highest BCUT2D eigenvalue weighted by molar-refractivity contribution is 5.93. The number of carbonyl (C=O) groups excluding carboxylic acids is 2. The molecule has 4 rings (SSSR count). The van der Waals surface area contributed by atoms with Gasteiger partial charge in [0.15, 0.2) is 0 Å². The minimum atomic E-state index is -0.654. The SMILES string of the molecule is Cc1c(NC(=O)OC(C)(C)C)ccc2nc(N3CCCC[C@H]3C(=O)NCc3ccccn3)oc(=O)c12. The molecule has 0 bridgehead atoms. The molecule has 1 atom stereocenters. The van der Waals surface area contributed by atoms with Gasteiger partial charge in [0.05, 0.1) is 23.1 Å². The maximum Gasteiger partial charge on any atom is 0.412 e. The van der Waals surface area contributed by atoms with E-state index in [0.717, 1.165) is 18.5 Å². The number of anilines is 2. The van der Waals surface area contributed by atoms with Crippen LogP contribution in [0, 0.1) is 6.92 Å². The molecule has 1 aliphatic rings. The van der Waals surface area contributed by atoms with Crippen molar-refractivity contribution in [2.75, 3.05) is 16.8 Å². The number of pyridine rings is 1. The van der Waals surface area contributed by atoms with Gasteiger partial charge in [0.2, 0.25) is 5.91 Å². The van der Waals surface area contributed by atoms with Crippen LogP contribution < -0.4 is 21.2 Å². The summed E-state index contributed by atoms with van der Waals surface area (Å²) in [5, 5.41) is 5.87. The molecule has 3 heterocycles. The number of piperidine rings is 1. The van der Waals surface area contributed by atoms with Gasteiger partial charge in [0.1, 0.15) is 11.6 Å². The van der Waals surface area contributed by atoms with E-state index in [1.807, 2.05) is 18.2 Å². The molecule has 10 nitrogen and oxygen atoms in total. The van der Waals surface area contributed by atoms with Crippen LogP contribution in [0.4, 0.5) is 16.5 Å². The summed E-state index contributed by atoms with van der Waals surface area (Å²) < 4.78 is 10.9. The van der Waals surface area contributed by atoms with Gasteiger partial charge in [-0.3, -0.25) is 15.1 Å². The van der Waals surface area contributed by atoms with E-state index in [1.54, 1.807) is 50.9 Å². The summed E-state index contributed by atoms with van der Waals surface area (Å²) in [5.74, 6) is -0.169. The van der Waals surface area contributed by atoms with Gasteiger partial charge in [-0.05, 0) is 76.8 Å². The molecular formula is C26H31N5O5. The molecule has 36 heavy (non-hydrogen) atoms. The molecular weight excluding hydrogens is 462 g/mol. The van der Waals surface area contributed by atoms with Crippen LogP contribution in [0.15, 0.2) is 45.7 Å². The number of hydrogen-bond acceptors (Lipinski definition) is 8. The average molecular weight is 494 g/mol. The zero-order chi connectivity index (χ0) is 25.9. The van der Waals surface area contributed by atoms with Gasteiger partial charge in [-0.2, -0.15) is 4.98 Å². The number of aromatic nitrogens is 2. The van der Waals surface area contributed by atoms with Gasteiger partial charge in [0, 0.05) is 18.4 Å². The minimum absolute atomic E-state index is 0.109. The second kappa shape index (κ2) is 10.3. The van der Waals surface area contributed by atoms with Crippen molar-refractivity contribution in [3.8, 4) is 0 Å². The van der Waals surface area contributed by atoms with Crippen molar-refractivity contribution >= 4 is 34.6 Å². The smallest absolute Gasteiger partial charge is 0.412 e. The number of fused-ring (bicyclic) bond motifs is 1. The maximum absolute atomic E-state index is 13.0. The van der Waals surface area contributed by atoms with Crippen LogP contribution in [-0.2, 0) is 16.1 Å². The monoisotopic (exact) mass is 493 g/mol. The molecule has 190 valence electrons. The largest absolute Gasteiger partial charge is 0.444 e. The summed E-state index contributed by atoms with van der Waals surface area (Å²) in [6, 6.07) is 8.45. The molecule has 0 saturated carbocycles. The Morgan fingerprint density at radius 3 is 2.72 bits per heavy atom. The van der Waals surface area contributed by atoms with Crippen molar-refractivity contribution < 1.29 is 18.7 Å². The molecule has 0 aliphatic carbocycles. The number of aryl methyl sites for hydroxylation is 1. The number of hydrogen-bond donors (Lipinski definition) is 2. The predicted octanol–water partition coefficient (Wildman–Crippen LogP) is 3.91. The first-order chi connectivity index (χ1) is 17.1. The fraction of sp³-hybridized carbons (Fsp3) is 0.423. The fourth-order valence-electron chi connectivity index (χ4n) is 4.21. The lowest BCUT2D eigenvalue weighted by molar-refractivity contribution is -0.123. The highest BCUT2D eigenvalue weighted by Crippen LogP contribution is 2.27. The highest BCUT2D eigenvalue weighted by Gasteiger charge is 2.32. The van der Waals surface area contributed by atoms with E-state index >= 15 is 0 Å². The third kappa shape index (κ3) is 5.81. The van der Waals surface area contributed by atoms with Gasteiger partial charge >= 0.3 is 17.7 Å². The maximum atomic E-state index is 13.0. The van der Waals surface area contributed by atoms with Gasteiger partial charge in [-0.25, -0.2) is 9.59 Å². The molecule has 2 N–H and O–H groups in total. The van der Waals surface area contributed by atoms with Crippen LogP contribution in [0.3, 0.4) is 0 Å². The summed E-state index contributed by atoms with van der Waals surface area (Å²) in [6.07, 6.45) is 3.42. The van der Waals surface area contributed by atoms with Crippen molar-refractivity contribution in [3.63, 3.8) is 0 Å². The number of ether oxygens (including phenoxy) is 1. The van der Waals surface area contributed by atoms with E-state index in [4.69, 9.17) is 9.15 Å². The van der Waals surface area contributed by atoms with E-state index in [2.05, 4.69) is 20.6 Å². The Bertz CT molecular complexity index is 1320. The molecule has 0 unspecified atom stereocenters. The van der Waals surface area contributed by atoms with Crippen molar-refractivity contribution in [3.05, 3.63) is 58.2 Å². The van der Waals surface area contributed by atoms with Crippen molar-refractivity contribution in [2.24, 2.45) is 0 Å². The second-order valence-electron chi connectivity index (χ2n) is 9.79. The number of nitrogens with one attached hydrogen (secondary N) is 2. The summed E-state index contributed by atoms with van der Waals surface area (Å²) in [7, 11) is 0. The first-order valence-electron chi connectivity index (χ1n) is 12.0. The molecule has 3 aromatic rings. The van der Waals surface area contributed by atoms with Crippen LogP contribution in [0.25, 0.3) is 10.9 Å². The molecule has 1 aromatic carbocycles. The standard InChI is InChI=1S/C26H31N5O5/c1-16-18(30-25(34)36-26(2,3)4)11-12-19-21(16)23(33)35-24(29-19)31-14-8-6-10-20(31)22(32)28-15-17-9-5-7-13-27-17/h5,7,9,11-13,20H,6,8,10,14-15H2,1-4H3,(H,28,32)(H,30,34)/t20-/m0/s1. The van der Waals surface area contributed by atoms with Crippen LogP contribution in [0.1, 0.15) is 51.3 Å². The zero-order valence-electron chi connectivity index (χ0n) is 21.0. The first-order valence-corrected chi connectivity index (χ1v) is 12.0. The number of benzene rings is 1. The van der Waals surface area contributed by atoms with Crippen LogP contribution in [0.2, 0.25) is 0 Å². The molecule has 2 amide bonds. The molecule has 1 fully saturated rings. The lowest BCUT2D eigenvalue weighted by Gasteiger charge is -2.34. The quantitative estimate of drug-likeness (QED) is 0.548. The predicted molar refractivity (Wildman–Crippen MR) is 136 cm³/mol. The number of amides is 2. The number of carbonyl (C=O) groups is 2. The Morgan fingerprint density at radius 1 is 1.19 bits per heavy atom. The fourth-order valence-corrected chi connectivity index (χ4v) is 4.21. The van der Waals surface area contributed by atoms with Crippen LogP contribution >= 0.6 is 0 Å². The highest BCUT2D eigenvalue weighted by atomic mass is 16.6. The molecule has 0 spiro atoms. The van der Waals surface area contributed by atoms with Crippen molar-refractivity contribution in [2.45, 2.75) is 65.1 Å². The van der Waals surface area contributed by atoms with Crippen molar-refractivity contribution in [1.29, 1.82) is 0 Å². The Labute approximate surface area is 209 Å². The average Bonchev–Trinajstić information content (AvgIpc) is 2.83. The normalized spacial score (nSPS) is 16.0. The summed E-state index contributed by atoms with van der Waals surface area (Å²) in [6.45, 7) is 7.87. The first kappa shape index (κ1) is 25.2. The van der Waals surface area contributed by atoms with E-state index in [9.17, 15) is 14.4 Å². The van der Waals surface area contributed by atoms with E-state index < -0.39 is 23.4 Å². The second-order valence-corrected chi connectivity index (χ2v) is 9.79. The van der Waals surface area contributed by atoms with Crippen LogP contribution in [0.5, 0.6) is 0 Å². The summed E-state index contributed by atoms with van der Waals surface area (Å²) in [4.78, 5) is 48.8. The topological polar surface area (TPSA) is 127 Å². The number of nitrogens with zero attached hydrogens (tertiary/aromatic N) is 3. The zero-order valence-corrected chi connectivity index (χ0v) is 21.0. The van der Waals surface area contributed by atoms with Gasteiger partial charge in [-0.1, -0.05) is 6.07 Å². The molecule has 10 heteroatoms. The Balaban J connectivity index is 1.57. The third-order valence-corrected chi connectivity index (χ3v) is 5.90. The third-order valence-electron chi connectivity index (χ3n) is 5.90. The van der Waals surface area contributed by atoms with Gasteiger partial charge in [0.25, 0.3) is 0 Å². The van der Waals surface area contributed by atoms with E-state index in [1.165, 1.54) is 0 Å². The lowest BCUT2D eigenvalue weighted by Crippen LogP contribution is -2.50. The summed E-state index contributed by atoms with van der Waals surface area (Å²) >= 11 is 0. The minimum Gasteiger partial charge on any atom is -0.444 e. The molecule has 1 aliphatic heterocycles. The Kier molecular flexibility index (Phi) is 7.23. The lowest BCUT2D eigenvalue weighted by atomic mass is 10.0. The Hall–Kier alpha value is -3.95.